The van der Waals surface area contributed by atoms with Crippen LogP contribution in [-0.4, -0.2) is 40.6 Å². The van der Waals surface area contributed by atoms with Crippen molar-refractivity contribution >= 4 is 5.91 Å². The number of nitrogens with zero attached hydrogens (tertiary/aromatic N) is 1. The molecule has 2 aliphatic rings. The van der Waals surface area contributed by atoms with Crippen LogP contribution in [0.15, 0.2) is 24.3 Å². The Morgan fingerprint density at radius 3 is 2.61 bits per heavy atom. The predicted octanol–water partition coefficient (Wildman–Crippen LogP) is 2.21. The molecule has 4 nitrogen and oxygen atoms in total. The third-order valence-corrected chi connectivity index (χ3v) is 5.03. The molecule has 0 spiro atoms. The molecule has 126 valence electrons. The smallest absolute Gasteiger partial charge is 0.256 e. The van der Waals surface area contributed by atoms with E-state index in [9.17, 15) is 14.3 Å². The summed E-state index contributed by atoms with van der Waals surface area (Å²) in [6, 6.07) is 6.61. The fraction of sp³-hybridized carbons (Fsp3) is 0.611. The molecule has 1 amide bonds. The molecule has 5 heteroatoms. The highest BCUT2D eigenvalue weighted by molar-refractivity contribution is 5.86. The van der Waals surface area contributed by atoms with E-state index in [1.165, 1.54) is 25.0 Å². The van der Waals surface area contributed by atoms with Crippen LogP contribution in [0.25, 0.3) is 0 Å². The van der Waals surface area contributed by atoms with Gasteiger partial charge in [0.15, 0.2) is 5.60 Å². The van der Waals surface area contributed by atoms with Crippen LogP contribution in [0, 0.1) is 5.82 Å². The van der Waals surface area contributed by atoms with Crippen molar-refractivity contribution < 1.29 is 14.3 Å². The summed E-state index contributed by atoms with van der Waals surface area (Å²) in [4.78, 5) is 14.4. The number of piperidine rings is 1. The molecule has 2 fully saturated rings. The zero-order valence-electron chi connectivity index (χ0n) is 13.4. The predicted molar refractivity (Wildman–Crippen MR) is 86.3 cm³/mol. The monoisotopic (exact) mass is 320 g/mol. The Bertz CT molecular complexity index is 542. The first-order valence-electron chi connectivity index (χ1n) is 8.56. The summed E-state index contributed by atoms with van der Waals surface area (Å²) in [5.41, 5.74) is -0.423. The van der Waals surface area contributed by atoms with E-state index >= 15 is 0 Å². The lowest BCUT2D eigenvalue weighted by molar-refractivity contribution is -0.157. The summed E-state index contributed by atoms with van der Waals surface area (Å²) in [7, 11) is 0. The number of rotatable bonds is 5. The minimum Gasteiger partial charge on any atom is -0.379 e. The van der Waals surface area contributed by atoms with Crippen molar-refractivity contribution in [3.8, 4) is 0 Å². The van der Waals surface area contributed by atoms with Gasteiger partial charge in [-0.05, 0) is 43.4 Å². The number of carbonyl (C=O) groups excluding carboxylic acids is 1. The molecule has 1 aliphatic heterocycles. The second kappa shape index (κ2) is 6.97. The van der Waals surface area contributed by atoms with Crippen LogP contribution in [-0.2, 0) is 11.3 Å². The molecule has 1 aromatic rings. The molecule has 1 heterocycles. The molecule has 1 atom stereocenters. The van der Waals surface area contributed by atoms with Crippen molar-refractivity contribution in [2.24, 2.45) is 0 Å². The minimum atomic E-state index is -1.30. The number of benzene rings is 1. The topological polar surface area (TPSA) is 52.6 Å². The largest absolute Gasteiger partial charge is 0.379 e. The second-order valence-corrected chi connectivity index (χ2v) is 6.85. The first-order chi connectivity index (χ1) is 11.1. The lowest BCUT2D eigenvalue weighted by Gasteiger charge is -2.39. The van der Waals surface area contributed by atoms with Crippen molar-refractivity contribution in [2.45, 2.75) is 56.7 Å². The SMILES string of the molecule is O=C1N(Cc2ccc(F)cc2)CCCC1(O)CNC1CCCC1. The molecule has 0 bridgehead atoms. The third kappa shape index (κ3) is 3.90. The zero-order valence-corrected chi connectivity index (χ0v) is 13.4. The minimum absolute atomic E-state index is 0.210. The highest BCUT2D eigenvalue weighted by atomic mass is 19.1. The normalized spacial score (nSPS) is 26.0. The van der Waals surface area contributed by atoms with E-state index in [1.54, 1.807) is 17.0 Å². The summed E-state index contributed by atoms with van der Waals surface area (Å²) < 4.78 is 13.0. The molecule has 0 aromatic heterocycles. The molecule has 1 aliphatic carbocycles. The molecule has 23 heavy (non-hydrogen) atoms. The van der Waals surface area contributed by atoms with Gasteiger partial charge >= 0.3 is 0 Å². The number of halogens is 1. The Hall–Kier alpha value is -1.46. The number of likely N-dealkylation sites (tertiary alicyclic amines) is 1. The molecule has 1 saturated carbocycles. The van der Waals surface area contributed by atoms with Gasteiger partial charge in [0, 0.05) is 25.7 Å². The van der Waals surface area contributed by atoms with Crippen LogP contribution in [0.4, 0.5) is 4.39 Å². The van der Waals surface area contributed by atoms with E-state index in [2.05, 4.69) is 5.32 Å². The summed E-state index contributed by atoms with van der Waals surface area (Å²) in [5.74, 6) is -0.491. The van der Waals surface area contributed by atoms with E-state index < -0.39 is 5.60 Å². The molecular formula is C18H25FN2O2. The van der Waals surface area contributed by atoms with Gasteiger partial charge in [-0.25, -0.2) is 4.39 Å². The van der Waals surface area contributed by atoms with Gasteiger partial charge in [0.2, 0.25) is 0 Å². The lowest BCUT2D eigenvalue weighted by Crippen LogP contribution is -2.58. The average molecular weight is 320 g/mol. The van der Waals surface area contributed by atoms with Crippen molar-refractivity contribution in [3.05, 3.63) is 35.6 Å². The van der Waals surface area contributed by atoms with Crippen molar-refractivity contribution in [1.82, 2.24) is 10.2 Å². The van der Waals surface area contributed by atoms with Gasteiger partial charge in [-0.3, -0.25) is 4.79 Å². The van der Waals surface area contributed by atoms with Gasteiger partial charge in [0.05, 0.1) is 0 Å². The van der Waals surface area contributed by atoms with Crippen LogP contribution in [0.1, 0.15) is 44.1 Å². The molecule has 0 radical (unpaired) electrons. The summed E-state index contributed by atoms with van der Waals surface area (Å²) in [6.45, 7) is 1.39. The van der Waals surface area contributed by atoms with Gasteiger partial charge in [-0.15, -0.1) is 0 Å². The molecule has 1 aromatic carbocycles. The van der Waals surface area contributed by atoms with E-state index in [0.29, 0.717) is 32.1 Å². The fourth-order valence-electron chi connectivity index (χ4n) is 3.63. The van der Waals surface area contributed by atoms with E-state index in [-0.39, 0.29) is 11.7 Å². The average Bonchev–Trinajstić information content (AvgIpc) is 3.06. The molecule has 1 unspecified atom stereocenters. The Balaban J connectivity index is 1.61. The van der Waals surface area contributed by atoms with E-state index in [1.807, 2.05) is 0 Å². The number of hydrogen-bond donors (Lipinski definition) is 2. The number of nitrogens with one attached hydrogen (secondary N) is 1. The quantitative estimate of drug-likeness (QED) is 0.874. The number of aliphatic hydroxyl groups is 1. The highest BCUT2D eigenvalue weighted by Gasteiger charge is 2.42. The maximum Gasteiger partial charge on any atom is 0.256 e. The fourth-order valence-corrected chi connectivity index (χ4v) is 3.63. The Morgan fingerprint density at radius 2 is 1.91 bits per heavy atom. The third-order valence-electron chi connectivity index (χ3n) is 5.03. The van der Waals surface area contributed by atoms with Gasteiger partial charge in [0.1, 0.15) is 5.82 Å². The zero-order chi connectivity index (χ0) is 16.3. The summed E-state index contributed by atoms with van der Waals surface area (Å²) in [5, 5.41) is 14.1. The number of carbonyl (C=O) groups is 1. The standard InChI is InChI=1S/C18H25FN2O2/c19-15-8-6-14(7-9-15)12-21-11-3-10-18(23,17(21)22)13-20-16-4-1-2-5-16/h6-9,16,20,23H,1-5,10-13H2. The van der Waals surface area contributed by atoms with Crippen LogP contribution >= 0.6 is 0 Å². The lowest BCUT2D eigenvalue weighted by atomic mass is 9.91. The summed E-state index contributed by atoms with van der Waals surface area (Å²) in [6.07, 6.45) is 6.00. The van der Waals surface area contributed by atoms with E-state index in [0.717, 1.165) is 24.8 Å². The van der Waals surface area contributed by atoms with Gasteiger partial charge in [0.25, 0.3) is 5.91 Å². The maximum atomic E-state index is 13.0. The van der Waals surface area contributed by atoms with Crippen molar-refractivity contribution in [1.29, 1.82) is 0 Å². The molecule has 3 rings (SSSR count). The van der Waals surface area contributed by atoms with Crippen LogP contribution in [0.2, 0.25) is 0 Å². The second-order valence-electron chi connectivity index (χ2n) is 6.85. The van der Waals surface area contributed by atoms with Gasteiger partial charge in [-0.2, -0.15) is 0 Å². The molecule has 1 saturated heterocycles. The van der Waals surface area contributed by atoms with Crippen molar-refractivity contribution in [3.63, 3.8) is 0 Å². The van der Waals surface area contributed by atoms with Gasteiger partial charge in [-0.1, -0.05) is 25.0 Å². The van der Waals surface area contributed by atoms with Crippen molar-refractivity contribution in [2.75, 3.05) is 13.1 Å². The van der Waals surface area contributed by atoms with Crippen LogP contribution < -0.4 is 5.32 Å². The first kappa shape index (κ1) is 16.4. The Kier molecular flexibility index (Phi) is 4.97. The molecular weight excluding hydrogens is 295 g/mol. The van der Waals surface area contributed by atoms with Gasteiger partial charge < -0.3 is 15.3 Å². The highest BCUT2D eigenvalue weighted by Crippen LogP contribution is 2.25. The van der Waals surface area contributed by atoms with E-state index in [4.69, 9.17) is 0 Å². The Morgan fingerprint density at radius 1 is 1.22 bits per heavy atom. The number of hydrogen-bond acceptors (Lipinski definition) is 3. The Labute approximate surface area is 136 Å². The number of amides is 1. The molecule has 2 N–H and O–H groups in total. The van der Waals surface area contributed by atoms with Crippen LogP contribution in [0.3, 0.4) is 0 Å². The first-order valence-corrected chi connectivity index (χ1v) is 8.56. The van der Waals surface area contributed by atoms with Crippen LogP contribution in [0.5, 0.6) is 0 Å². The summed E-state index contributed by atoms with van der Waals surface area (Å²) >= 11 is 0. The maximum absolute atomic E-state index is 13.0.